The Morgan fingerprint density at radius 3 is 2.14 bits per heavy atom. The summed E-state index contributed by atoms with van der Waals surface area (Å²) in [6, 6.07) is 0. The molecule has 9 heteroatoms. The first-order valence-electron chi connectivity index (χ1n) is 12.8. The first-order chi connectivity index (χ1) is 16.8. The van der Waals surface area contributed by atoms with E-state index in [0.717, 1.165) is 7.11 Å². The maximum atomic E-state index is 14.0. The van der Waals surface area contributed by atoms with Crippen molar-refractivity contribution >= 4 is 29.5 Å². The molecule has 1 N–H and O–H groups in total. The number of Topliss-reactive ketones (excluding diaryl/α,β-unsaturated/α-hetero) is 2. The van der Waals surface area contributed by atoms with Crippen LogP contribution in [0, 0.1) is 39.4 Å². The summed E-state index contributed by atoms with van der Waals surface area (Å²) >= 11 is 0. The number of fused-ring (bicyclic) bond motifs is 5. The Balaban J connectivity index is 1.97. The van der Waals surface area contributed by atoms with Gasteiger partial charge in [0.1, 0.15) is 11.9 Å². The Hall–Kier alpha value is -2.55. The summed E-state index contributed by atoms with van der Waals surface area (Å²) in [5, 5.41) is 11.4. The molecule has 9 nitrogen and oxygen atoms in total. The van der Waals surface area contributed by atoms with Crippen LogP contribution in [-0.2, 0) is 38.2 Å². The van der Waals surface area contributed by atoms with Gasteiger partial charge >= 0.3 is 17.9 Å². The fourth-order valence-electron chi connectivity index (χ4n) is 8.65. The second kappa shape index (κ2) is 7.98. The molecule has 1 aliphatic heterocycles. The number of hydrogen-bond acceptors (Lipinski definition) is 9. The monoisotopic (exact) mass is 518 g/mol. The number of esters is 3. The minimum absolute atomic E-state index is 0.0387. The number of rotatable bonds is 2. The molecule has 1 heterocycles. The van der Waals surface area contributed by atoms with E-state index in [9.17, 15) is 29.1 Å². The average Bonchev–Trinajstić information content (AvgIpc) is 2.79. The molecule has 4 aliphatic rings. The summed E-state index contributed by atoms with van der Waals surface area (Å²) < 4.78 is 16.3. The number of aliphatic hydroxyl groups is 1. The molecule has 0 spiro atoms. The van der Waals surface area contributed by atoms with Crippen molar-refractivity contribution in [2.24, 2.45) is 39.4 Å². The van der Waals surface area contributed by atoms with Gasteiger partial charge in [-0.1, -0.05) is 39.8 Å². The Labute approximate surface area is 217 Å². The van der Waals surface area contributed by atoms with Crippen LogP contribution in [0.15, 0.2) is 12.2 Å². The molecule has 9 atom stereocenters. The Morgan fingerprint density at radius 1 is 1.00 bits per heavy atom. The second-order valence-electron chi connectivity index (χ2n) is 12.8. The van der Waals surface area contributed by atoms with Crippen molar-refractivity contribution in [2.75, 3.05) is 7.11 Å². The number of ketones is 2. The van der Waals surface area contributed by atoms with Crippen molar-refractivity contribution in [3.63, 3.8) is 0 Å². The molecule has 0 unspecified atom stereocenters. The van der Waals surface area contributed by atoms with Crippen molar-refractivity contribution in [3.8, 4) is 0 Å². The minimum atomic E-state index is -2.15. The molecule has 0 bridgehead atoms. The molecule has 4 rings (SSSR count). The van der Waals surface area contributed by atoms with Gasteiger partial charge in [0, 0.05) is 29.6 Å². The number of cyclic esters (lactones) is 1. The SMILES string of the molecule is C=C1C[C@H]2[C@]3(C)[C@H](O)CC(=O)C(C)(C)[C@H]3C[C@H](OC(C)=O)[C@]2(C)[C@@H]2C(=O)O[C@@](C)(C(=O)OC)C(=O)[C@]12C. The van der Waals surface area contributed by atoms with E-state index in [1.54, 1.807) is 13.8 Å². The zero-order valence-corrected chi connectivity index (χ0v) is 22.9. The molecule has 0 aromatic carbocycles. The van der Waals surface area contributed by atoms with Crippen molar-refractivity contribution in [1.82, 2.24) is 0 Å². The highest BCUT2D eigenvalue weighted by atomic mass is 16.6. The maximum absolute atomic E-state index is 14.0. The van der Waals surface area contributed by atoms with E-state index in [0.29, 0.717) is 5.57 Å². The van der Waals surface area contributed by atoms with Gasteiger partial charge in [0.2, 0.25) is 0 Å². The topological polar surface area (TPSA) is 133 Å². The van der Waals surface area contributed by atoms with Crippen LogP contribution in [0.4, 0.5) is 0 Å². The van der Waals surface area contributed by atoms with Gasteiger partial charge in [-0.25, -0.2) is 4.79 Å². The van der Waals surface area contributed by atoms with Crippen LogP contribution in [0.3, 0.4) is 0 Å². The van der Waals surface area contributed by atoms with Gasteiger partial charge in [0.15, 0.2) is 5.78 Å². The van der Waals surface area contributed by atoms with E-state index in [1.807, 2.05) is 20.8 Å². The van der Waals surface area contributed by atoms with Gasteiger partial charge in [-0.2, -0.15) is 0 Å². The van der Waals surface area contributed by atoms with E-state index < -0.39 is 75.0 Å². The molecule has 3 aliphatic carbocycles. The fraction of sp³-hybridized carbons (Fsp3) is 0.750. The summed E-state index contributed by atoms with van der Waals surface area (Å²) in [7, 11) is 1.11. The average molecular weight is 519 g/mol. The number of ether oxygens (including phenoxy) is 3. The number of carbonyl (C=O) groups is 5. The van der Waals surface area contributed by atoms with E-state index in [4.69, 9.17) is 14.2 Å². The van der Waals surface area contributed by atoms with E-state index in [2.05, 4.69) is 6.58 Å². The third-order valence-corrected chi connectivity index (χ3v) is 10.8. The standard InChI is InChI=1S/C28H38O9/c1-13-10-16-26(6)15(24(3,4)17(30)12-18(26)31)11-19(36-14(2)29)27(16,7)20-21(32)37-28(8,23(34)35-9)22(33)25(13,20)5/h15-16,18-20,31H,1,10-12H2,2-9H3/t15-,16+,18-,19+,20-,25-,26-,27-,28-/m1/s1. The van der Waals surface area contributed by atoms with E-state index >= 15 is 0 Å². The van der Waals surface area contributed by atoms with Crippen molar-refractivity contribution in [2.45, 2.75) is 85.5 Å². The molecule has 0 amide bonds. The van der Waals surface area contributed by atoms with Crippen LogP contribution in [0.25, 0.3) is 0 Å². The zero-order chi connectivity index (χ0) is 28.1. The van der Waals surface area contributed by atoms with Gasteiger partial charge in [-0.05, 0) is 38.5 Å². The largest absolute Gasteiger partial charge is 0.466 e. The molecule has 0 aromatic heterocycles. The molecule has 0 radical (unpaired) electrons. The first kappa shape index (κ1) is 27.5. The van der Waals surface area contributed by atoms with Gasteiger partial charge in [-0.3, -0.25) is 19.2 Å². The molecule has 37 heavy (non-hydrogen) atoms. The number of carbonyl (C=O) groups excluding carboxylic acids is 5. The summed E-state index contributed by atoms with van der Waals surface area (Å²) in [4.78, 5) is 66.0. The summed E-state index contributed by atoms with van der Waals surface area (Å²) in [6.07, 6.45) is -1.46. The predicted octanol–water partition coefficient (Wildman–Crippen LogP) is 2.57. The third kappa shape index (κ3) is 3.15. The van der Waals surface area contributed by atoms with E-state index in [1.165, 1.54) is 13.8 Å². The number of aliphatic hydroxyl groups excluding tert-OH is 1. The normalized spacial score (nSPS) is 46.7. The smallest absolute Gasteiger partial charge is 0.358 e. The quantitative estimate of drug-likeness (QED) is 0.253. The lowest BCUT2D eigenvalue weighted by atomic mass is 9.34. The van der Waals surface area contributed by atoms with Crippen LogP contribution in [0.5, 0.6) is 0 Å². The van der Waals surface area contributed by atoms with E-state index in [-0.39, 0.29) is 31.0 Å². The Morgan fingerprint density at radius 2 is 1.59 bits per heavy atom. The number of hydrogen-bond donors (Lipinski definition) is 1. The fourth-order valence-corrected chi connectivity index (χ4v) is 8.65. The Bertz CT molecular complexity index is 1120. The van der Waals surface area contributed by atoms with Crippen LogP contribution in [0.2, 0.25) is 0 Å². The van der Waals surface area contributed by atoms with Crippen molar-refractivity contribution < 1.29 is 43.3 Å². The Kier molecular flexibility index (Phi) is 5.93. The highest BCUT2D eigenvalue weighted by molar-refractivity contribution is 6.15. The molecular weight excluding hydrogens is 480 g/mol. The highest BCUT2D eigenvalue weighted by Gasteiger charge is 2.77. The number of allylic oxidation sites excluding steroid dienone is 1. The van der Waals surface area contributed by atoms with Gasteiger partial charge in [-0.15, -0.1) is 0 Å². The van der Waals surface area contributed by atoms with Crippen molar-refractivity contribution in [3.05, 3.63) is 12.2 Å². The van der Waals surface area contributed by atoms with Crippen LogP contribution in [0.1, 0.15) is 67.7 Å². The molecule has 3 saturated carbocycles. The lowest BCUT2D eigenvalue weighted by molar-refractivity contribution is -0.263. The lowest BCUT2D eigenvalue weighted by Gasteiger charge is -2.70. The van der Waals surface area contributed by atoms with Crippen LogP contribution in [-0.4, -0.2) is 59.5 Å². The summed E-state index contributed by atoms with van der Waals surface area (Å²) in [5.41, 5.74) is -6.09. The molecular formula is C28H38O9. The van der Waals surface area contributed by atoms with Gasteiger partial charge in [0.05, 0.1) is 24.5 Å². The first-order valence-corrected chi connectivity index (χ1v) is 12.8. The second-order valence-corrected chi connectivity index (χ2v) is 12.8. The summed E-state index contributed by atoms with van der Waals surface area (Å²) in [5.74, 6) is -5.06. The molecule has 1 saturated heterocycles. The molecule has 0 aromatic rings. The van der Waals surface area contributed by atoms with Crippen LogP contribution >= 0.6 is 0 Å². The maximum Gasteiger partial charge on any atom is 0.358 e. The highest BCUT2D eigenvalue weighted by Crippen LogP contribution is 2.72. The third-order valence-electron chi connectivity index (χ3n) is 10.8. The predicted molar refractivity (Wildman–Crippen MR) is 130 cm³/mol. The number of methoxy groups -OCH3 is 1. The van der Waals surface area contributed by atoms with Gasteiger partial charge in [0.25, 0.3) is 5.60 Å². The summed E-state index contributed by atoms with van der Waals surface area (Å²) in [6.45, 7) is 15.7. The molecule has 204 valence electrons. The lowest BCUT2D eigenvalue weighted by Crippen LogP contribution is -2.75. The minimum Gasteiger partial charge on any atom is -0.466 e. The van der Waals surface area contributed by atoms with Gasteiger partial charge < -0.3 is 19.3 Å². The zero-order valence-electron chi connectivity index (χ0n) is 22.9. The van der Waals surface area contributed by atoms with Crippen LogP contribution < -0.4 is 0 Å². The van der Waals surface area contributed by atoms with Crippen molar-refractivity contribution in [1.29, 1.82) is 0 Å². The molecule has 4 fully saturated rings.